The van der Waals surface area contributed by atoms with Gasteiger partial charge in [-0.25, -0.2) is 13.2 Å². The van der Waals surface area contributed by atoms with Crippen LogP contribution in [0.2, 0.25) is 5.02 Å². The van der Waals surface area contributed by atoms with Crippen molar-refractivity contribution in [2.24, 2.45) is 0 Å². The Morgan fingerprint density at radius 3 is 2.40 bits per heavy atom. The number of piperazine rings is 1. The number of carboxylic acids is 1. The topological polar surface area (TPSA) is 77.9 Å². The van der Waals surface area contributed by atoms with E-state index in [-0.39, 0.29) is 15.5 Å². The average molecular weight is 319 g/mol. The summed E-state index contributed by atoms with van der Waals surface area (Å²) in [4.78, 5) is 13.0. The largest absolute Gasteiger partial charge is 0.478 e. The van der Waals surface area contributed by atoms with E-state index in [1.54, 1.807) is 0 Å². The lowest BCUT2D eigenvalue weighted by Gasteiger charge is -2.31. The van der Waals surface area contributed by atoms with E-state index in [0.29, 0.717) is 26.2 Å². The molecule has 2 rings (SSSR count). The van der Waals surface area contributed by atoms with Gasteiger partial charge in [0.05, 0.1) is 15.5 Å². The van der Waals surface area contributed by atoms with E-state index in [4.69, 9.17) is 16.7 Å². The standard InChI is InChI=1S/C12H15ClN2O4S/c1-14-4-6-15(7-5-14)20(18,19)9-2-3-11(13)10(8-9)12(16)17/h2-3,8H,4-7H2,1H3,(H,16,17). The van der Waals surface area contributed by atoms with Crippen LogP contribution in [0.25, 0.3) is 0 Å². The number of rotatable bonds is 3. The van der Waals surface area contributed by atoms with E-state index in [9.17, 15) is 13.2 Å². The monoisotopic (exact) mass is 318 g/mol. The fourth-order valence-electron chi connectivity index (χ4n) is 2.01. The molecular weight excluding hydrogens is 304 g/mol. The van der Waals surface area contributed by atoms with Crippen molar-refractivity contribution in [1.29, 1.82) is 0 Å². The van der Waals surface area contributed by atoms with Crippen LogP contribution in [0, 0.1) is 0 Å². The van der Waals surface area contributed by atoms with Crippen LogP contribution < -0.4 is 0 Å². The molecule has 0 bridgehead atoms. The minimum absolute atomic E-state index is 0.0230. The van der Waals surface area contributed by atoms with Gasteiger partial charge < -0.3 is 10.0 Å². The first-order valence-electron chi connectivity index (χ1n) is 6.04. The molecule has 0 amide bonds. The average Bonchev–Trinajstić information content (AvgIpc) is 2.39. The highest BCUT2D eigenvalue weighted by Crippen LogP contribution is 2.23. The van der Waals surface area contributed by atoms with Crippen molar-refractivity contribution in [3.8, 4) is 0 Å². The minimum atomic E-state index is -3.67. The molecule has 1 N–H and O–H groups in total. The normalized spacial score (nSPS) is 18.1. The van der Waals surface area contributed by atoms with Gasteiger partial charge in [0.25, 0.3) is 0 Å². The van der Waals surface area contributed by atoms with Crippen LogP contribution in [0.5, 0.6) is 0 Å². The highest BCUT2D eigenvalue weighted by atomic mass is 35.5. The molecule has 20 heavy (non-hydrogen) atoms. The number of sulfonamides is 1. The quantitative estimate of drug-likeness (QED) is 0.898. The van der Waals surface area contributed by atoms with Crippen molar-refractivity contribution >= 4 is 27.6 Å². The van der Waals surface area contributed by atoms with Gasteiger partial charge in [-0.1, -0.05) is 11.6 Å². The number of likely N-dealkylation sites (N-methyl/N-ethyl adjacent to an activating group) is 1. The van der Waals surface area contributed by atoms with E-state index in [0.717, 1.165) is 6.07 Å². The number of hydrogen-bond acceptors (Lipinski definition) is 4. The Hall–Kier alpha value is -1.15. The van der Waals surface area contributed by atoms with Crippen LogP contribution in [0.15, 0.2) is 23.1 Å². The molecular formula is C12H15ClN2O4S. The molecule has 1 aliphatic heterocycles. The zero-order valence-corrected chi connectivity index (χ0v) is 12.5. The summed E-state index contributed by atoms with van der Waals surface area (Å²) in [5, 5.41) is 9.02. The Bertz CT molecular complexity index is 624. The van der Waals surface area contributed by atoms with Gasteiger partial charge in [0, 0.05) is 26.2 Å². The lowest BCUT2D eigenvalue weighted by Crippen LogP contribution is -2.47. The van der Waals surface area contributed by atoms with Crippen LogP contribution in [-0.4, -0.2) is 61.9 Å². The van der Waals surface area contributed by atoms with Gasteiger partial charge in [0.2, 0.25) is 10.0 Å². The van der Waals surface area contributed by atoms with Crippen LogP contribution >= 0.6 is 11.6 Å². The Labute approximate surface area is 122 Å². The summed E-state index contributed by atoms with van der Waals surface area (Å²) in [7, 11) is -1.75. The number of benzene rings is 1. The van der Waals surface area contributed by atoms with Gasteiger partial charge in [-0.3, -0.25) is 0 Å². The summed E-state index contributed by atoms with van der Waals surface area (Å²) >= 11 is 5.75. The number of nitrogens with zero attached hydrogens (tertiary/aromatic N) is 2. The van der Waals surface area contributed by atoms with Crippen molar-refractivity contribution in [2.45, 2.75) is 4.90 Å². The third-order valence-corrected chi connectivity index (χ3v) is 5.49. The maximum Gasteiger partial charge on any atom is 0.337 e. The second kappa shape index (κ2) is 5.69. The van der Waals surface area contributed by atoms with E-state index >= 15 is 0 Å². The fraction of sp³-hybridized carbons (Fsp3) is 0.417. The van der Waals surface area contributed by atoms with E-state index in [1.165, 1.54) is 16.4 Å². The summed E-state index contributed by atoms with van der Waals surface area (Å²) in [5.41, 5.74) is -0.207. The molecule has 110 valence electrons. The number of carboxylic acid groups (broad SMARTS) is 1. The SMILES string of the molecule is CN1CCN(S(=O)(=O)c2ccc(Cl)c(C(=O)O)c2)CC1. The number of carbonyl (C=O) groups is 1. The maximum atomic E-state index is 12.5. The predicted octanol–water partition coefficient (Wildman–Crippen LogP) is 0.974. The molecule has 0 spiro atoms. The second-order valence-electron chi connectivity index (χ2n) is 4.65. The molecule has 0 aromatic heterocycles. The highest BCUT2D eigenvalue weighted by molar-refractivity contribution is 7.89. The number of hydrogen-bond donors (Lipinski definition) is 1. The van der Waals surface area contributed by atoms with Gasteiger partial charge in [-0.2, -0.15) is 4.31 Å². The van der Waals surface area contributed by atoms with E-state index in [2.05, 4.69) is 0 Å². The molecule has 1 fully saturated rings. The zero-order chi connectivity index (χ0) is 14.9. The first kappa shape index (κ1) is 15.2. The summed E-state index contributed by atoms with van der Waals surface area (Å²) in [6.45, 7) is 2.09. The summed E-state index contributed by atoms with van der Waals surface area (Å²) in [6, 6.07) is 3.74. The molecule has 0 aliphatic carbocycles. The van der Waals surface area contributed by atoms with Crippen molar-refractivity contribution in [1.82, 2.24) is 9.21 Å². The molecule has 8 heteroatoms. The lowest BCUT2D eigenvalue weighted by atomic mass is 10.2. The van der Waals surface area contributed by atoms with Gasteiger partial charge in [0.1, 0.15) is 0 Å². The predicted molar refractivity (Wildman–Crippen MR) is 74.7 cm³/mol. The number of halogens is 1. The third-order valence-electron chi connectivity index (χ3n) is 3.27. The molecule has 1 heterocycles. The fourth-order valence-corrected chi connectivity index (χ4v) is 3.65. The molecule has 0 radical (unpaired) electrons. The van der Waals surface area contributed by atoms with Gasteiger partial charge in [0.15, 0.2) is 0 Å². The lowest BCUT2D eigenvalue weighted by molar-refractivity contribution is 0.0697. The molecule has 1 aliphatic rings. The Morgan fingerprint density at radius 2 is 1.85 bits per heavy atom. The molecule has 6 nitrogen and oxygen atoms in total. The first-order chi connectivity index (χ1) is 9.32. The molecule has 0 unspecified atom stereocenters. The van der Waals surface area contributed by atoms with Crippen molar-refractivity contribution in [3.63, 3.8) is 0 Å². The Kier molecular flexibility index (Phi) is 4.33. The minimum Gasteiger partial charge on any atom is -0.478 e. The third kappa shape index (κ3) is 2.95. The molecule has 1 aromatic carbocycles. The van der Waals surface area contributed by atoms with Crippen LogP contribution in [-0.2, 0) is 10.0 Å². The second-order valence-corrected chi connectivity index (χ2v) is 7.00. The smallest absolute Gasteiger partial charge is 0.337 e. The van der Waals surface area contributed by atoms with Crippen LogP contribution in [0.1, 0.15) is 10.4 Å². The highest BCUT2D eigenvalue weighted by Gasteiger charge is 2.28. The molecule has 0 saturated carbocycles. The van der Waals surface area contributed by atoms with Crippen LogP contribution in [0.3, 0.4) is 0 Å². The number of aromatic carboxylic acids is 1. The summed E-state index contributed by atoms with van der Waals surface area (Å²) in [6.07, 6.45) is 0. The van der Waals surface area contributed by atoms with Crippen molar-refractivity contribution in [2.75, 3.05) is 33.2 Å². The Morgan fingerprint density at radius 1 is 1.25 bits per heavy atom. The molecule has 1 saturated heterocycles. The van der Waals surface area contributed by atoms with Gasteiger partial charge in [-0.15, -0.1) is 0 Å². The van der Waals surface area contributed by atoms with E-state index < -0.39 is 16.0 Å². The zero-order valence-electron chi connectivity index (χ0n) is 10.9. The van der Waals surface area contributed by atoms with Gasteiger partial charge >= 0.3 is 5.97 Å². The maximum absolute atomic E-state index is 12.5. The molecule has 1 aromatic rings. The van der Waals surface area contributed by atoms with Crippen LogP contribution in [0.4, 0.5) is 0 Å². The first-order valence-corrected chi connectivity index (χ1v) is 7.85. The summed E-state index contributed by atoms with van der Waals surface area (Å²) in [5.74, 6) is -1.24. The van der Waals surface area contributed by atoms with Crippen molar-refractivity contribution in [3.05, 3.63) is 28.8 Å². The summed E-state index contributed by atoms with van der Waals surface area (Å²) < 4.78 is 26.3. The Balaban J connectivity index is 2.35. The van der Waals surface area contributed by atoms with Crippen molar-refractivity contribution < 1.29 is 18.3 Å². The van der Waals surface area contributed by atoms with Gasteiger partial charge in [-0.05, 0) is 25.2 Å². The molecule has 0 atom stereocenters. The van der Waals surface area contributed by atoms with E-state index in [1.807, 2.05) is 11.9 Å².